The third-order valence-electron chi connectivity index (χ3n) is 4.28. The second-order valence-corrected chi connectivity index (χ2v) is 7.76. The van der Waals surface area contributed by atoms with Gasteiger partial charge >= 0.3 is 0 Å². The van der Waals surface area contributed by atoms with Crippen LogP contribution in [0.1, 0.15) is 21.6 Å². The third-order valence-corrected chi connectivity index (χ3v) is 5.77. The van der Waals surface area contributed by atoms with Crippen molar-refractivity contribution in [2.45, 2.75) is 13.8 Å². The third kappa shape index (κ3) is 3.57. The van der Waals surface area contributed by atoms with Crippen molar-refractivity contribution in [2.24, 2.45) is 0 Å². The number of thiazole rings is 1. The molecule has 0 saturated heterocycles. The first kappa shape index (κ1) is 19.0. The molecule has 4 aromatic rings. The number of nitrogens with one attached hydrogen (secondary N) is 1. The lowest BCUT2D eigenvalue weighted by Crippen LogP contribution is -2.15. The fourth-order valence-corrected chi connectivity index (χ4v) is 4.12. The van der Waals surface area contributed by atoms with Crippen molar-refractivity contribution >= 4 is 50.6 Å². The Labute approximate surface area is 173 Å². The maximum absolute atomic E-state index is 12.6. The number of carbonyl (C=O) groups is 1. The molecular weight excluding hydrogens is 414 g/mol. The van der Waals surface area contributed by atoms with Gasteiger partial charge in [-0.3, -0.25) is 14.9 Å². The van der Waals surface area contributed by atoms with Crippen molar-refractivity contribution < 1.29 is 9.72 Å². The molecule has 0 saturated carbocycles. The highest BCUT2D eigenvalue weighted by Crippen LogP contribution is 2.34. The highest BCUT2D eigenvalue weighted by Gasteiger charge is 2.17. The highest BCUT2D eigenvalue weighted by atomic mass is 35.5. The van der Waals surface area contributed by atoms with Crippen LogP contribution in [0.2, 0.25) is 5.02 Å². The van der Waals surface area contributed by atoms with Gasteiger partial charge in [-0.1, -0.05) is 29.0 Å². The van der Waals surface area contributed by atoms with E-state index in [-0.39, 0.29) is 5.69 Å². The van der Waals surface area contributed by atoms with Crippen LogP contribution in [0.4, 0.5) is 11.5 Å². The number of nitro groups is 1. The molecule has 0 aliphatic heterocycles. The van der Waals surface area contributed by atoms with Gasteiger partial charge in [-0.05, 0) is 37.6 Å². The Morgan fingerprint density at radius 2 is 1.93 bits per heavy atom. The van der Waals surface area contributed by atoms with Gasteiger partial charge in [0.15, 0.2) is 0 Å². The normalized spacial score (nSPS) is 11.0. The summed E-state index contributed by atoms with van der Waals surface area (Å²) in [4.78, 5) is 27.5. The van der Waals surface area contributed by atoms with Crippen LogP contribution in [0.3, 0.4) is 0 Å². The first-order valence-corrected chi connectivity index (χ1v) is 9.71. The average molecular weight is 428 g/mol. The molecule has 2 aromatic heterocycles. The largest absolute Gasteiger partial charge is 0.306 e. The molecule has 2 aromatic carbocycles. The Hall–Kier alpha value is -3.30. The fourth-order valence-electron chi connectivity index (χ4n) is 2.84. The lowest BCUT2D eigenvalue weighted by atomic mass is 10.2. The summed E-state index contributed by atoms with van der Waals surface area (Å²) in [6.07, 6.45) is 0. The number of amides is 1. The lowest BCUT2D eigenvalue weighted by molar-refractivity contribution is -0.384. The van der Waals surface area contributed by atoms with Crippen LogP contribution in [0.25, 0.3) is 15.3 Å². The van der Waals surface area contributed by atoms with Gasteiger partial charge in [0.25, 0.3) is 11.6 Å². The van der Waals surface area contributed by atoms with Crippen LogP contribution in [0.15, 0.2) is 42.5 Å². The van der Waals surface area contributed by atoms with E-state index in [4.69, 9.17) is 11.6 Å². The van der Waals surface area contributed by atoms with E-state index >= 15 is 0 Å². The molecule has 0 unspecified atom stereocenters. The Balaban J connectivity index is 1.68. The summed E-state index contributed by atoms with van der Waals surface area (Å²) >= 11 is 7.68. The number of nitrogens with zero attached hydrogens (tertiary/aromatic N) is 4. The van der Waals surface area contributed by atoms with Gasteiger partial charge in [0.05, 0.1) is 25.9 Å². The molecule has 146 valence electrons. The number of hydrogen-bond acceptors (Lipinski definition) is 6. The summed E-state index contributed by atoms with van der Waals surface area (Å²) in [5.41, 5.74) is 2.70. The molecule has 0 aliphatic carbocycles. The van der Waals surface area contributed by atoms with Gasteiger partial charge in [0.2, 0.25) is 5.13 Å². The summed E-state index contributed by atoms with van der Waals surface area (Å²) < 4.78 is 2.40. The topological polar surface area (TPSA) is 103 Å². The van der Waals surface area contributed by atoms with E-state index in [9.17, 15) is 14.9 Å². The minimum atomic E-state index is -0.514. The van der Waals surface area contributed by atoms with Crippen molar-refractivity contribution in [2.75, 3.05) is 5.32 Å². The van der Waals surface area contributed by atoms with E-state index in [1.807, 2.05) is 26.0 Å². The average Bonchev–Trinajstić information content (AvgIpc) is 3.29. The first-order chi connectivity index (χ1) is 13.8. The van der Waals surface area contributed by atoms with Gasteiger partial charge < -0.3 is 5.32 Å². The van der Waals surface area contributed by atoms with Crippen molar-refractivity contribution in [1.82, 2.24) is 14.8 Å². The number of non-ortho nitro benzene ring substituents is 1. The van der Waals surface area contributed by atoms with Gasteiger partial charge in [-0.25, -0.2) is 4.98 Å². The molecular formula is C19H14ClN5O3S. The summed E-state index contributed by atoms with van der Waals surface area (Å²) in [7, 11) is 0. The predicted octanol–water partition coefficient (Wildman–Crippen LogP) is 4.91. The Kier molecular flexibility index (Phi) is 4.77. The molecule has 0 spiro atoms. The van der Waals surface area contributed by atoms with Crippen LogP contribution in [-0.2, 0) is 0 Å². The number of benzene rings is 2. The molecule has 1 amide bonds. The van der Waals surface area contributed by atoms with E-state index in [0.717, 1.165) is 15.8 Å². The predicted molar refractivity (Wildman–Crippen MR) is 112 cm³/mol. The van der Waals surface area contributed by atoms with E-state index < -0.39 is 10.8 Å². The second kappa shape index (κ2) is 7.26. The molecule has 0 fully saturated rings. The number of carbonyl (C=O) groups excluding carboxylic acids is 1. The molecule has 29 heavy (non-hydrogen) atoms. The van der Waals surface area contributed by atoms with Crippen molar-refractivity contribution in [1.29, 1.82) is 0 Å². The Morgan fingerprint density at radius 3 is 2.59 bits per heavy atom. The summed E-state index contributed by atoms with van der Waals surface area (Å²) in [6.45, 7) is 3.76. The summed E-state index contributed by atoms with van der Waals surface area (Å²) in [5, 5.41) is 19.2. The number of aromatic nitrogens is 3. The van der Waals surface area contributed by atoms with Crippen LogP contribution < -0.4 is 5.32 Å². The number of aryl methyl sites for hydroxylation is 2. The molecule has 0 aliphatic rings. The number of fused-ring (bicyclic) bond motifs is 1. The minimum Gasteiger partial charge on any atom is -0.306 e. The highest BCUT2D eigenvalue weighted by molar-refractivity contribution is 7.21. The smallest absolute Gasteiger partial charge is 0.269 e. The number of nitro benzene ring substituents is 1. The number of hydrogen-bond donors (Lipinski definition) is 1. The summed E-state index contributed by atoms with van der Waals surface area (Å²) in [6, 6.07) is 10.8. The van der Waals surface area contributed by atoms with E-state index in [0.29, 0.717) is 27.2 Å². The monoisotopic (exact) mass is 427 g/mol. The fraction of sp³-hybridized carbons (Fsp3) is 0.105. The number of halogens is 1. The van der Waals surface area contributed by atoms with E-state index in [2.05, 4.69) is 15.4 Å². The molecule has 2 heterocycles. The molecule has 8 nitrogen and oxygen atoms in total. The Bertz CT molecular complexity index is 1220. The van der Waals surface area contributed by atoms with Crippen LogP contribution in [0.5, 0.6) is 0 Å². The zero-order chi connectivity index (χ0) is 20.7. The SMILES string of the molecule is Cc1cc(NC(=O)c2ccc([N+](=O)[O-])cc2)n(-c2nc3c(C)ccc(Cl)c3s2)n1. The molecule has 1 N–H and O–H groups in total. The standard InChI is InChI=1S/C19H14ClN5O3S/c1-10-3-8-14(20)17-16(10)22-19(29-17)24-15(9-11(2)23-24)21-18(26)12-4-6-13(7-5-12)25(27)28/h3-9H,1-2H3,(H,21,26). The van der Waals surface area contributed by atoms with Gasteiger partial charge in [0, 0.05) is 23.8 Å². The number of rotatable bonds is 4. The van der Waals surface area contributed by atoms with Crippen LogP contribution >= 0.6 is 22.9 Å². The molecule has 0 radical (unpaired) electrons. The zero-order valence-corrected chi connectivity index (χ0v) is 16.9. The zero-order valence-electron chi connectivity index (χ0n) is 15.3. The quantitative estimate of drug-likeness (QED) is 0.368. The molecule has 0 bridgehead atoms. The van der Waals surface area contributed by atoms with Gasteiger partial charge in [-0.15, -0.1) is 0 Å². The van der Waals surface area contributed by atoms with Gasteiger partial charge in [-0.2, -0.15) is 9.78 Å². The van der Waals surface area contributed by atoms with E-state index in [1.54, 1.807) is 10.7 Å². The Morgan fingerprint density at radius 1 is 1.21 bits per heavy atom. The lowest BCUT2D eigenvalue weighted by Gasteiger charge is -2.06. The maximum Gasteiger partial charge on any atom is 0.269 e. The number of anilines is 1. The second-order valence-electron chi connectivity index (χ2n) is 6.38. The molecule has 4 rings (SSSR count). The minimum absolute atomic E-state index is 0.0795. The maximum atomic E-state index is 12.6. The van der Waals surface area contributed by atoms with Crippen molar-refractivity contribution in [3.8, 4) is 5.13 Å². The molecule has 10 heteroatoms. The van der Waals surface area contributed by atoms with Crippen molar-refractivity contribution in [3.63, 3.8) is 0 Å². The molecule has 0 atom stereocenters. The first-order valence-electron chi connectivity index (χ1n) is 8.52. The van der Waals surface area contributed by atoms with Crippen LogP contribution in [0, 0.1) is 24.0 Å². The summed E-state index contributed by atoms with van der Waals surface area (Å²) in [5.74, 6) is 0.0371. The van der Waals surface area contributed by atoms with Gasteiger partial charge in [0.1, 0.15) is 5.82 Å². The van der Waals surface area contributed by atoms with E-state index in [1.165, 1.54) is 35.6 Å². The van der Waals surface area contributed by atoms with Crippen LogP contribution in [-0.4, -0.2) is 25.6 Å². The van der Waals surface area contributed by atoms with Crippen molar-refractivity contribution in [3.05, 3.63) is 74.4 Å².